The Balaban J connectivity index is 1.23. The second kappa shape index (κ2) is 10.3. The molecule has 1 heterocycles. The van der Waals surface area contributed by atoms with Crippen LogP contribution in [0.5, 0.6) is 17.2 Å². The highest BCUT2D eigenvalue weighted by atomic mass is 16.7. The number of aliphatic hydroxyl groups excluding tert-OH is 2. The van der Waals surface area contributed by atoms with Gasteiger partial charge < -0.3 is 34.9 Å². The Morgan fingerprint density at radius 1 is 1.14 bits per heavy atom. The van der Waals surface area contributed by atoms with Gasteiger partial charge in [-0.05, 0) is 92.1 Å². The number of anilines is 1. The Labute approximate surface area is 256 Å². The fourth-order valence-electron chi connectivity index (χ4n) is 9.46. The van der Waals surface area contributed by atoms with Crippen molar-refractivity contribution in [2.45, 2.75) is 63.6 Å². The Kier molecular flexibility index (Phi) is 6.82. The molecular formula is C35H39NO8. The maximum absolute atomic E-state index is 13.9. The summed E-state index contributed by atoms with van der Waals surface area (Å²) in [5.41, 5.74) is 5.37. The minimum atomic E-state index is -1.46. The molecule has 0 spiro atoms. The second-order valence-corrected chi connectivity index (χ2v) is 13.4. The van der Waals surface area contributed by atoms with Gasteiger partial charge in [0.15, 0.2) is 23.5 Å². The SMILES string of the molecule is COc1ccc(Oc2ccc(N)cc2)cc1[C@H]1O[C@@H]2C[C@H]3[C@@H]4CCC5=CC(=O)C=C[C@]5(C)[C@H]4[C@@H](O)C[C@]3(C)[C@]2(C(=O)CO)O1. The highest BCUT2D eigenvalue weighted by molar-refractivity contribution is 6.01. The number of allylic oxidation sites excluding steroid dienone is 4. The molecule has 1 saturated heterocycles. The van der Waals surface area contributed by atoms with E-state index in [0.29, 0.717) is 41.3 Å². The summed E-state index contributed by atoms with van der Waals surface area (Å²) in [6.45, 7) is 3.43. The van der Waals surface area contributed by atoms with Gasteiger partial charge in [0.05, 0.1) is 24.9 Å². The molecule has 7 rings (SSSR count). The van der Waals surface area contributed by atoms with Crippen LogP contribution in [0.2, 0.25) is 0 Å². The number of nitrogens with two attached hydrogens (primary N) is 1. The number of methoxy groups -OCH3 is 1. The smallest absolute Gasteiger partial charge is 0.193 e. The number of hydrogen-bond donors (Lipinski definition) is 3. The monoisotopic (exact) mass is 601 g/mol. The molecule has 4 aliphatic carbocycles. The van der Waals surface area contributed by atoms with E-state index in [1.807, 2.05) is 13.0 Å². The third-order valence-electron chi connectivity index (χ3n) is 11.4. The van der Waals surface area contributed by atoms with E-state index < -0.39 is 47.3 Å². The summed E-state index contributed by atoms with van der Waals surface area (Å²) in [6, 6.07) is 12.4. The highest BCUT2D eigenvalue weighted by Gasteiger charge is 2.76. The van der Waals surface area contributed by atoms with Gasteiger partial charge in [-0.2, -0.15) is 0 Å². The fraction of sp³-hybridized carbons (Fsp3) is 0.486. The molecule has 1 aliphatic heterocycles. The normalized spacial score (nSPS) is 38.7. The first kappa shape index (κ1) is 29.2. The van der Waals surface area contributed by atoms with E-state index >= 15 is 0 Å². The van der Waals surface area contributed by atoms with Gasteiger partial charge in [0.2, 0.25) is 0 Å². The number of ketones is 2. The van der Waals surface area contributed by atoms with Crippen molar-refractivity contribution in [2.75, 3.05) is 19.5 Å². The van der Waals surface area contributed by atoms with Gasteiger partial charge in [-0.25, -0.2) is 0 Å². The van der Waals surface area contributed by atoms with Crippen molar-refractivity contribution in [1.29, 1.82) is 0 Å². The maximum atomic E-state index is 13.9. The van der Waals surface area contributed by atoms with Crippen LogP contribution in [-0.2, 0) is 19.1 Å². The van der Waals surface area contributed by atoms with Crippen molar-refractivity contribution in [2.24, 2.45) is 28.6 Å². The molecule has 0 bridgehead atoms. The van der Waals surface area contributed by atoms with Gasteiger partial charge >= 0.3 is 0 Å². The third kappa shape index (κ3) is 4.06. The summed E-state index contributed by atoms with van der Waals surface area (Å²) in [5, 5.41) is 22.2. The predicted octanol–water partition coefficient (Wildman–Crippen LogP) is 4.67. The summed E-state index contributed by atoms with van der Waals surface area (Å²) in [5.74, 6) is 1.15. The van der Waals surface area contributed by atoms with Crippen molar-refractivity contribution in [3.8, 4) is 17.2 Å². The van der Waals surface area contributed by atoms with Crippen LogP contribution in [0.15, 0.2) is 66.3 Å². The zero-order valence-electron chi connectivity index (χ0n) is 25.2. The van der Waals surface area contributed by atoms with E-state index in [2.05, 4.69) is 6.92 Å². The van der Waals surface area contributed by atoms with E-state index in [0.717, 1.165) is 18.4 Å². The van der Waals surface area contributed by atoms with Crippen molar-refractivity contribution >= 4 is 17.3 Å². The Morgan fingerprint density at radius 3 is 2.61 bits per heavy atom. The number of ether oxygens (including phenoxy) is 4. The number of carbonyl (C=O) groups excluding carboxylic acids is 2. The number of Topliss-reactive ketones (excluding diaryl/α,β-unsaturated/α-hetero) is 1. The molecule has 4 N–H and O–H groups in total. The van der Waals surface area contributed by atoms with E-state index in [1.54, 1.807) is 61.7 Å². The molecular weight excluding hydrogens is 562 g/mol. The van der Waals surface area contributed by atoms with E-state index in [1.165, 1.54) is 0 Å². The molecule has 2 aromatic rings. The van der Waals surface area contributed by atoms with Gasteiger partial charge in [0.1, 0.15) is 23.9 Å². The van der Waals surface area contributed by atoms with Crippen LogP contribution < -0.4 is 15.2 Å². The van der Waals surface area contributed by atoms with Crippen LogP contribution in [-0.4, -0.2) is 53.3 Å². The van der Waals surface area contributed by atoms with Crippen LogP contribution >= 0.6 is 0 Å². The number of carbonyl (C=O) groups is 2. The van der Waals surface area contributed by atoms with Crippen molar-refractivity contribution in [3.05, 3.63) is 71.8 Å². The quantitative estimate of drug-likeness (QED) is 0.403. The van der Waals surface area contributed by atoms with Crippen LogP contribution in [0.1, 0.15) is 51.4 Å². The lowest BCUT2D eigenvalue weighted by molar-refractivity contribution is -0.201. The summed E-state index contributed by atoms with van der Waals surface area (Å²) in [6.07, 6.45) is 5.37. The zero-order valence-corrected chi connectivity index (χ0v) is 25.2. The molecule has 9 nitrogen and oxygen atoms in total. The first-order valence-corrected chi connectivity index (χ1v) is 15.3. The average molecular weight is 602 g/mol. The number of nitrogen functional groups attached to an aromatic ring is 1. The molecule has 4 fully saturated rings. The largest absolute Gasteiger partial charge is 0.496 e. The van der Waals surface area contributed by atoms with Crippen LogP contribution in [0, 0.1) is 28.6 Å². The van der Waals surface area contributed by atoms with Gasteiger partial charge in [0.25, 0.3) is 0 Å². The molecule has 2 aromatic carbocycles. The minimum absolute atomic E-state index is 0.00355. The Bertz CT molecular complexity index is 1570. The predicted molar refractivity (Wildman–Crippen MR) is 161 cm³/mol. The molecule has 232 valence electrons. The van der Waals surface area contributed by atoms with Gasteiger partial charge in [-0.3, -0.25) is 9.59 Å². The van der Waals surface area contributed by atoms with Crippen molar-refractivity contribution in [3.63, 3.8) is 0 Å². The molecule has 9 heteroatoms. The molecule has 3 saturated carbocycles. The average Bonchev–Trinajstić information content (AvgIpc) is 3.51. The van der Waals surface area contributed by atoms with Crippen molar-refractivity contribution in [1.82, 2.24) is 0 Å². The Hall–Kier alpha value is -3.50. The maximum Gasteiger partial charge on any atom is 0.193 e. The van der Waals surface area contributed by atoms with Gasteiger partial charge in [-0.1, -0.05) is 25.5 Å². The zero-order chi connectivity index (χ0) is 31.0. The molecule has 0 aromatic heterocycles. The molecule has 44 heavy (non-hydrogen) atoms. The lowest BCUT2D eigenvalue weighted by atomic mass is 9.46. The number of benzene rings is 2. The van der Waals surface area contributed by atoms with E-state index in [9.17, 15) is 19.8 Å². The van der Waals surface area contributed by atoms with Crippen LogP contribution in [0.25, 0.3) is 0 Å². The molecule has 5 aliphatic rings. The lowest BCUT2D eigenvalue weighted by Gasteiger charge is -2.59. The summed E-state index contributed by atoms with van der Waals surface area (Å²) < 4.78 is 25.1. The topological polar surface area (TPSA) is 138 Å². The molecule has 0 unspecified atom stereocenters. The number of fused-ring (bicyclic) bond motifs is 7. The molecule has 9 atom stereocenters. The summed E-state index contributed by atoms with van der Waals surface area (Å²) in [7, 11) is 1.55. The van der Waals surface area contributed by atoms with Crippen LogP contribution in [0.4, 0.5) is 5.69 Å². The second-order valence-electron chi connectivity index (χ2n) is 13.4. The number of rotatable bonds is 6. The highest BCUT2D eigenvalue weighted by Crippen LogP contribution is 2.70. The van der Waals surface area contributed by atoms with E-state index in [-0.39, 0.29) is 23.5 Å². The fourth-order valence-corrected chi connectivity index (χ4v) is 9.46. The molecule has 0 radical (unpaired) electrons. The summed E-state index contributed by atoms with van der Waals surface area (Å²) >= 11 is 0. The van der Waals surface area contributed by atoms with Gasteiger partial charge in [-0.15, -0.1) is 0 Å². The van der Waals surface area contributed by atoms with Crippen molar-refractivity contribution < 1.29 is 38.7 Å². The first-order valence-electron chi connectivity index (χ1n) is 15.3. The van der Waals surface area contributed by atoms with Crippen LogP contribution in [0.3, 0.4) is 0 Å². The van der Waals surface area contributed by atoms with E-state index in [4.69, 9.17) is 24.7 Å². The molecule has 0 amide bonds. The lowest BCUT2D eigenvalue weighted by Crippen LogP contribution is -2.63. The standard InChI is InChI=1S/C35H39NO8/c1-33-13-12-21(38)14-19(33)4-10-24-26-16-30-35(29(40)18-37,34(26,2)17-27(39)31(24)33)44-32(43-30)25-15-23(9-11-28(25)41-3)42-22-7-5-20(36)6-8-22/h5-9,11-15,24,26-27,30-32,37,39H,4,10,16-18,36H2,1-3H3/t24-,26-,27-,30+,31+,32-,33-,34-,35+/m0/s1. The number of aliphatic hydroxyl groups is 2. The minimum Gasteiger partial charge on any atom is -0.496 e. The Morgan fingerprint density at radius 2 is 1.89 bits per heavy atom. The first-order chi connectivity index (χ1) is 21.0. The van der Waals surface area contributed by atoms with Gasteiger partial charge in [0, 0.05) is 22.4 Å². The third-order valence-corrected chi connectivity index (χ3v) is 11.4. The summed E-state index contributed by atoms with van der Waals surface area (Å²) in [4.78, 5) is 26.1. The number of hydrogen-bond acceptors (Lipinski definition) is 9.